The molecule has 0 atom stereocenters. The van der Waals surface area contributed by atoms with Gasteiger partial charge in [-0.05, 0) is 18.4 Å². The molecule has 156 valence electrons. The fourth-order valence-corrected chi connectivity index (χ4v) is 4.62. The molecule has 2 aliphatic rings. The van der Waals surface area contributed by atoms with Crippen LogP contribution in [0, 0.1) is 0 Å². The lowest BCUT2D eigenvalue weighted by Crippen LogP contribution is -2.46. The number of hydrogen-bond acceptors (Lipinski definition) is 4. The third-order valence-corrected chi connectivity index (χ3v) is 6.24. The molecule has 8 nitrogen and oxygen atoms in total. The topological polar surface area (TPSA) is 80.9 Å². The van der Waals surface area contributed by atoms with Crippen molar-refractivity contribution in [3.63, 3.8) is 0 Å². The van der Waals surface area contributed by atoms with E-state index in [0.29, 0.717) is 25.7 Å². The van der Waals surface area contributed by atoms with Crippen LogP contribution in [0.3, 0.4) is 0 Å². The summed E-state index contributed by atoms with van der Waals surface area (Å²) in [4.78, 5) is 14.7. The van der Waals surface area contributed by atoms with Gasteiger partial charge < -0.3 is 14.8 Å². The highest BCUT2D eigenvalue weighted by Gasteiger charge is 2.30. The van der Waals surface area contributed by atoms with Crippen molar-refractivity contribution in [3.05, 3.63) is 53.5 Å². The van der Waals surface area contributed by atoms with E-state index in [1.807, 2.05) is 39.4 Å². The van der Waals surface area contributed by atoms with Gasteiger partial charge in [0.25, 0.3) is 0 Å². The molecule has 30 heavy (non-hydrogen) atoms. The van der Waals surface area contributed by atoms with Gasteiger partial charge in [-0.15, -0.1) is 10.2 Å². The maximum Gasteiger partial charge on any atom is 0.317 e. The number of urea groups is 1. The van der Waals surface area contributed by atoms with E-state index in [1.165, 1.54) is 24.1 Å². The maximum absolute atomic E-state index is 12.8. The molecule has 1 aliphatic heterocycles. The summed E-state index contributed by atoms with van der Waals surface area (Å²) in [5.74, 6) is 0.744. The second-order valence-electron chi connectivity index (χ2n) is 8.27. The first-order chi connectivity index (χ1) is 14.7. The molecule has 0 saturated heterocycles. The van der Waals surface area contributed by atoms with E-state index in [2.05, 4.69) is 27.6 Å². The van der Waals surface area contributed by atoms with Gasteiger partial charge in [-0.1, -0.05) is 43.2 Å². The van der Waals surface area contributed by atoms with Gasteiger partial charge in [-0.3, -0.25) is 4.68 Å². The van der Waals surface area contributed by atoms with E-state index >= 15 is 0 Å². The Hall–Kier alpha value is -3.16. The predicted octanol–water partition coefficient (Wildman–Crippen LogP) is 2.74. The molecule has 1 fully saturated rings. The summed E-state index contributed by atoms with van der Waals surface area (Å²) >= 11 is 0. The lowest BCUT2D eigenvalue weighted by Gasteiger charge is -2.29. The van der Waals surface area contributed by atoms with Crippen LogP contribution >= 0.6 is 0 Å². The number of carbonyl (C=O) groups excluding carboxylic acids is 1. The van der Waals surface area contributed by atoms with E-state index in [-0.39, 0.29) is 6.03 Å². The number of nitrogens with one attached hydrogen (secondary N) is 1. The van der Waals surface area contributed by atoms with Crippen LogP contribution in [0.2, 0.25) is 0 Å². The van der Waals surface area contributed by atoms with Crippen LogP contribution in [0.1, 0.15) is 42.5 Å². The molecule has 0 radical (unpaired) electrons. The lowest BCUT2D eigenvalue weighted by atomic mass is 10.0. The second-order valence-corrected chi connectivity index (χ2v) is 8.27. The molecule has 5 rings (SSSR count). The first-order valence-electron chi connectivity index (χ1n) is 10.7. The van der Waals surface area contributed by atoms with Crippen LogP contribution in [-0.2, 0) is 26.6 Å². The van der Waals surface area contributed by atoms with Gasteiger partial charge >= 0.3 is 6.03 Å². The van der Waals surface area contributed by atoms with E-state index < -0.39 is 0 Å². The minimum Gasteiger partial charge on any atom is -0.335 e. The molecule has 1 N–H and O–H groups in total. The van der Waals surface area contributed by atoms with Crippen molar-refractivity contribution in [1.82, 2.24) is 34.8 Å². The third-order valence-electron chi connectivity index (χ3n) is 6.24. The van der Waals surface area contributed by atoms with Crippen LogP contribution in [0.15, 0.2) is 36.7 Å². The predicted molar refractivity (Wildman–Crippen MR) is 113 cm³/mol. The molecular formula is C22H27N7O. The zero-order valence-electron chi connectivity index (χ0n) is 17.3. The van der Waals surface area contributed by atoms with E-state index in [0.717, 1.165) is 36.3 Å². The number of fused-ring (bicyclic) bond motifs is 1. The summed E-state index contributed by atoms with van der Waals surface area (Å²) in [5, 5.41) is 16.5. The van der Waals surface area contributed by atoms with Crippen molar-refractivity contribution < 1.29 is 4.79 Å². The third kappa shape index (κ3) is 3.58. The molecule has 1 aliphatic carbocycles. The van der Waals surface area contributed by atoms with Crippen molar-refractivity contribution in [2.75, 3.05) is 6.54 Å². The van der Waals surface area contributed by atoms with E-state index in [9.17, 15) is 4.79 Å². The summed E-state index contributed by atoms with van der Waals surface area (Å²) in [7, 11) is 1.97. The number of amides is 2. The van der Waals surface area contributed by atoms with Crippen LogP contribution in [0.25, 0.3) is 11.5 Å². The SMILES string of the molecule is Cn1nc(-c2nncn2Cc2ccccc2)c2c1CCN(C(=O)NC1CCCC1)C2. The maximum atomic E-state index is 12.8. The van der Waals surface area contributed by atoms with Crippen molar-refractivity contribution in [2.24, 2.45) is 7.05 Å². The minimum atomic E-state index is 0.0353. The number of nitrogens with zero attached hydrogens (tertiary/aromatic N) is 6. The van der Waals surface area contributed by atoms with E-state index in [1.54, 1.807) is 6.33 Å². The van der Waals surface area contributed by atoms with Gasteiger partial charge in [0.2, 0.25) is 0 Å². The summed E-state index contributed by atoms with van der Waals surface area (Å²) in [5.41, 5.74) is 4.25. The fourth-order valence-electron chi connectivity index (χ4n) is 4.62. The monoisotopic (exact) mass is 405 g/mol. The Kier molecular flexibility index (Phi) is 4.98. The molecule has 3 aromatic rings. The van der Waals surface area contributed by atoms with Crippen molar-refractivity contribution in [3.8, 4) is 11.5 Å². The highest BCUT2D eigenvalue weighted by molar-refractivity contribution is 5.75. The quantitative estimate of drug-likeness (QED) is 0.724. The Balaban J connectivity index is 1.40. The molecule has 3 heterocycles. The Morgan fingerprint density at radius 3 is 2.80 bits per heavy atom. The molecule has 1 saturated carbocycles. The molecular weight excluding hydrogens is 378 g/mol. The molecule has 0 unspecified atom stereocenters. The summed E-state index contributed by atoms with van der Waals surface area (Å²) in [6.45, 7) is 1.94. The number of aryl methyl sites for hydroxylation is 1. The standard InChI is InChI=1S/C22H27N7O/c1-27-19-11-12-28(22(30)24-17-9-5-6-10-17)14-18(19)20(26-27)21-25-23-15-29(21)13-16-7-3-2-4-8-16/h2-4,7-8,15,17H,5-6,9-14H2,1H3,(H,24,30). The van der Waals surface area contributed by atoms with Crippen LogP contribution in [0.4, 0.5) is 4.79 Å². The molecule has 8 heteroatoms. The van der Waals surface area contributed by atoms with Crippen molar-refractivity contribution in [2.45, 2.75) is 51.2 Å². The lowest BCUT2D eigenvalue weighted by molar-refractivity contribution is 0.188. The first-order valence-corrected chi connectivity index (χ1v) is 10.7. The van der Waals surface area contributed by atoms with Crippen molar-refractivity contribution in [1.29, 1.82) is 0 Å². The summed E-state index contributed by atoms with van der Waals surface area (Å²) in [6.07, 6.45) is 7.13. The highest BCUT2D eigenvalue weighted by Crippen LogP contribution is 2.29. The van der Waals surface area contributed by atoms with Gasteiger partial charge in [-0.2, -0.15) is 5.10 Å². The normalized spacial score (nSPS) is 16.6. The summed E-state index contributed by atoms with van der Waals surface area (Å²) < 4.78 is 3.95. The number of aromatic nitrogens is 5. The van der Waals surface area contributed by atoms with Gasteiger partial charge in [0, 0.05) is 37.3 Å². The number of carbonyl (C=O) groups is 1. The molecule has 2 amide bonds. The van der Waals surface area contributed by atoms with Gasteiger partial charge in [0.1, 0.15) is 12.0 Å². The van der Waals surface area contributed by atoms with Gasteiger partial charge in [0.15, 0.2) is 5.82 Å². The van der Waals surface area contributed by atoms with Crippen LogP contribution < -0.4 is 5.32 Å². The largest absolute Gasteiger partial charge is 0.335 e. The molecule has 0 bridgehead atoms. The van der Waals surface area contributed by atoms with Crippen molar-refractivity contribution >= 4 is 6.03 Å². The molecule has 1 aromatic carbocycles. The average molecular weight is 406 g/mol. The summed E-state index contributed by atoms with van der Waals surface area (Å²) in [6, 6.07) is 10.6. The smallest absolute Gasteiger partial charge is 0.317 e. The average Bonchev–Trinajstić information content (AvgIpc) is 3.50. The van der Waals surface area contributed by atoms with E-state index in [4.69, 9.17) is 5.10 Å². The number of benzene rings is 1. The van der Waals surface area contributed by atoms with Gasteiger partial charge in [-0.25, -0.2) is 4.79 Å². The van der Waals surface area contributed by atoms with Gasteiger partial charge in [0.05, 0.1) is 13.1 Å². The zero-order valence-corrected chi connectivity index (χ0v) is 17.3. The number of rotatable bonds is 4. The zero-order chi connectivity index (χ0) is 20.5. The molecule has 2 aromatic heterocycles. The fraction of sp³-hybridized carbons (Fsp3) is 0.455. The van der Waals surface area contributed by atoms with Crippen LogP contribution in [-0.4, -0.2) is 48.1 Å². The Morgan fingerprint density at radius 1 is 1.20 bits per heavy atom. The Bertz CT molecular complexity index is 1030. The first kappa shape index (κ1) is 18.8. The number of hydrogen-bond donors (Lipinski definition) is 1. The molecule has 0 spiro atoms. The van der Waals surface area contributed by atoms with Crippen LogP contribution in [0.5, 0.6) is 0 Å². The highest BCUT2D eigenvalue weighted by atomic mass is 16.2. The minimum absolute atomic E-state index is 0.0353. The second kappa shape index (κ2) is 7.93. The Morgan fingerprint density at radius 2 is 2.00 bits per heavy atom. The Labute approximate surface area is 175 Å².